The molecule has 0 unspecified atom stereocenters. The fourth-order valence-electron chi connectivity index (χ4n) is 3.30. The van der Waals surface area contributed by atoms with E-state index in [0.29, 0.717) is 5.82 Å². The molecule has 1 N–H and O–H groups in total. The van der Waals surface area contributed by atoms with Crippen molar-refractivity contribution in [1.29, 1.82) is 0 Å². The van der Waals surface area contributed by atoms with E-state index in [9.17, 15) is 8.78 Å². The molecule has 1 aromatic heterocycles. The zero-order chi connectivity index (χ0) is 20.2. The molecule has 0 spiro atoms. The molecule has 1 aliphatic heterocycles. The average molecular weight is 397 g/mol. The third kappa shape index (κ3) is 4.21. The van der Waals surface area contributed by atoms with Crippen LogP contribution in [0.1, 0.15) is 0 Å². The normalized spacial score (nSPS) is 14.0. The van der Waals surface area contributed by atoms with Gasteiger partial charge in [0.05, 0.1) is 7.11 Å². The van der Waals surface area contributed by atoms with E-state index in [2.05, 4.69) is 25.1 Å². The van der Waals surface area contributed by atoms with Gasteiger partial charge in [0.2, 0.25) is 5.95 Å². The predicted molar refractivity (Wildman–Crippen MR) is 109 cm³/mol. The Morgan fingerprint density at radius 1 is 0.897 bits per heavy atom. The molecule has 0 atom stereocenters. The summed E-state index contributed by atoms with van der Waals surface area (Å²) in [7, 11) is 1.65. The number of nitrogens with zero attached hydrogens (tertiary/aromatic N) is 4. The minimum Gasteiger partial charge on any atom is -0.497 e. The smallest absolute Gasteiger partial charge is 0.229 e. The summed E-state index contributed by atoms with van der Waals surface area (Å²) in [5, 5.41) is 2.64. The van der Waals surface area contributed by atoms with Crippen molar-refractivity contribution < 1.29 is 13.5 Å². The first-order chi connectivity index (χ1) is 14.1. The molecule has 29 heavy (non-hydrogen) atoms. The zero-order valence-corrected chi connectivity index (χ0v) is 16.0. The molecule has 0 amide bonds. The van der Waals surface area contributed by atoms with Gasteiger partial charge >= 0.3 is 0 Å². The molecule has 0 saturated carbocycles. The number of ether oxygens (including phenoxy) is 1. The maximum absolute atomic E-state index is 13.9. The van der Waals surface area contributed by atoms with Crippen LogP contribution in [-0.4, -0.2) is 43.3 Å². The summed E-state index contributed by atoms with van der Waals surface area (Å²) >= 11 is 0. The Labute approximate surface area is 167 Å². The molecule has 0 radical (unpaired) electrons. The first kappa shape index (κ1) is 18.9. The van der Waals surface area contributed by atoms with E-state index in [1.807, 2.05) is 24.3 Å². The van der Waals surface area contributed by atoms with Crippen LogP contribution in [-0.2, 0) is 0 Å². The van der Waals surface area contributed by atoms with Crippen molar-refractivity contribution in [2.75, 3.05) is 48.4 Å². The minimum atomic E-state index is -0.688. The van der Waals surface area contributed by atoms with Crippen molar-refractivity contribution in [3.8, 4) is 5.75 Å². The quantitative estimate of drug-likeness (QED) is 0.706. The van der Waals surface area contributed by atoms with Gasteiger partial charge in [0.1, 0.15) is 28.9 Å². The molecule has 1 saturated heterocycles. The fourth-order valence-corrected chi connectivity index (χ4v) is 3.30. The number of benzene rings is 2. The standard InChI is InChI=1S/C21H21F2N5O/c1-29-16-7-5-15(6-8-16)27-11-13-28(14-12-27)19-9-10-24-21(25-19)26-20-17(22)3-2-4-18(20)23/h2-10H,11-14H2,1H3,(H,24,25,26). The second-order valence-corrected chi connectivity index (χ2v) is 6.63. The number of hydrogen-bond acceptors (Lipinski definition) is 6. The van der Waals surface area contributed by atoms with Gasteiger partial charge in [-0.1, -0.05) is 6.07 Å². The van der Waals surface area contributed by atoms with Crippen molar-refractivity contribution >= 4 is 23.1 Å². The summed E-state index contributed by atoms with van der Waals surface area (Å²) < 4.78 is 32.9. The molecule has 0 aliphatic carbocycles. The summed E-state index contributed by atoms with van der Waals surface area (Å²) in [6.07, 6.45) is 1.58. The highest BCUT2D eigenvalue weighted by Gasteiger charge is 2.19. The topological polar surface area (TPSA) is 53.5 Å². The highest BCUT2D eigenvalue weighted by molar-refractivity contribution is 5.57. The number of rotatable bonds is 5. The van der Waals surface area contributed by atoms with Crippen LogP contribution in [0.4, 0.5) is 31.9 Å². The second kappa shape index (κ2) is 8.30. The predicted octanol–water partition coefficient (Wildman–Crippen LogP) is 3.83. The molecule has 1 aliphatic rings. The summed E-state index contributed by atoms with van der Waals surface area (Å²) in [4.78, 5) is 12.9. The number of para-hydroxylation sites is 1. The summed E-state index contributed by atoms with van der Waals surface area (Å²) in [5.41, 5.74) is 0.888. The Balaban J connectivity index is 1.43. The Morgan fingerprint density at radius 3 is 2.21 bits per heavy atom. The Kier molecular flexibility index (Phi) is 5.41. The van der Waals surface area contributed by atoms with E-state index >= 15 is 0 Å². The molecule has 1 fully saturated rings. The van der Waals surface area contributed by atoms with Crippen molar-refractivity contribution in [1.82, 2.24) is 9.97 Å². The zero-order valence-electron chi connectivity index (χ0n) is 16.0. The Morgan fingerprint density at radius 2 is 1.55 bits per heavy atom. The number of aromatic nitrogens is 2. The summed E-state index contributed by atoms with van der Waals surface area (Å²) in [6.45, 7) is 3.22. The van der Waals surface area contributed by atoms with Gasteiger partial charge in [-0.3, -0.25) is 0 Å². The van der Waals surface area contributed by atoms with Gasteiger partial charge in [0.15, 0.2) is 0 Å². The van der Waals surface area contributed by atoms with Crippen LogP contribution in [0.25, 0.3) is 0 Å². The van der Waals surface area contributed by atoms with E-state index in [0.717, 1.165) is 37.6 Å². The van der Waals surface area contributed by atoms with Crippen LogP contribution in [0.3, 0.4) is 0 Å². The number of anilines is 4. The lowest BCUT2D eigenvalue weighted by molar-refractivity contribution is 0.415. The third-order valence-electron chi connectivity index (χ3n) is 4.88. The van der Waals surface area contributed by atoms with E-state index in [-0.39, 0.29) is 11.6 Å². The molecule has 6 nitrogen and oxygen atoms in total. The molecule has 4 rings (SSSR count). The van der Waals surface area contributed by atoms with Gasteiger partial charge in [-0.2, -0.15) is 4.98 Å². The Bertz CT molecular complexity index is 955. The third-order valence-corrected chi connectivity index (χ3v) is 4.88. The van der Waals surface area contributed by atoms with Crippen molar-refractivity contribution in [2.24, 2.45) is 0 Å². The van der Waals surface area contributed by atoms with Crippen molar-refractivity contribution in [3.63, 3.8) is 0 Å². The fraction of sp³-hybridized carbons (Fsp3) is 0.238. The molecule has 3 aromatic rings. The van der Waals surface area contributed by atoms with Crippen molar-refractivity contribution in [3.05, 3.63) is 66.4 Å². The molecular formula is C21H21F2N5O. The van der Waals surface area contributed by atoms with Gasteiger partial charge in [-0.15, -0.1) is 0 Å². The summed E-state index contributed by atoms with van der Waals surface area (Å²) in [5.74, 6) is 0.330. The maximum atomic E-state index is 13.9. The Hall–Kier alpha value is -3.42. The molecule has 0 bridgehead atoms. The highest BCUT2D eigenvalue weighted by atomic mass is 19.1. The van der Waals surface area contributed by atoms with Crippen LogP contribution < -0.4 is 19.9 Å². The number of halogens is 2. The van der Waals surface area contributed by atoms with Crippen molar-refractivity contribution in [2.45, 2.75) is 0 Å². The molecular weight excluding hydrogens is 376 g/mol. The largest absolute Gasteiger partial charge is 0.497 e. The van der Waals surface area contributed by atoms with E-state index < -0.39 is 11.6 Å². The van der Waals surface area contributed by atoms with Crippen LogP contribution >= 0.6 is 0 Å². The number of hydrogen-bond donors (Lipinski definition) is 1. The van der Waals surface area contributed by atoms with Gasteiger partial charge in [0.25, 0.3) is 0 Å². The second-order valence-electron chi connectivity index (χ2n) is 6.63. The molecule has 2 heterocycles. The number of nitrogens with one attached hydrogen (secondary N) is 1. The minimum absolute atomic E-state index is 0.157. The average Bonchev–Trinajstić information content (AvgIpc) is 2.77. The molecule has 150 valence electrons. The number of methoxy groups -OCH3 is 1. The molecule has 8 heteroatoms. The number of piperazine rings is 1. The lowest BCUT2D eigenvalue weighted by atomic mass is 10.2. The van der Waals surface area contributed by atoms with Gasteiger partial charge in [-0.05, 0) is 42.5 Å². The molecule has 2 aromatic carbocycles. The van der Waals surface area contributed by atoms with Crippen LogP contribution in [0.15, 0.2) is 54.7 Å². The van der Waals surface area contributed by atoms with E-state index in [1.165, 1.54) is 18.2 Å². The lowest BCUT2D eigenvalue weighted by Gasteiger charge is -2.36. The SMILES string of the molecule is COc1ccc(N2CCN(c3ccnc(Nc4c(F)cccc4F)n3)CC2)cc1. The first-order valence-corrected chi connectivity index (χ1v) is 9.32. The van der Waals surface area contributed by atoms with Crippen LogP contribution in [0.2, 0.25) is 0 Å². The van der Waals surface area contributed by atoms with Gasteiger partial charge < -0.3 is 19.9 Å². The van der Waals surface area contributed by atoms with E-state index in [1.54, 1.807) is 19.4 Å². The lowest BCUT2D eigenvalue weighted by Crippen LogP contribution is -2.46. The van der Waals surface area contributed by atoms with E-state index in [4.69, 9.17) is 4.74 Å². The summed E-state index contributed by atoms with van der Waals surface area (Å²) in [6, 6.07) is 13.5. The monoisotopic (exact) mass is 397 g/mol. The van der Waals surface area contributed by atoms with Gasteiger partial charge in [-0.25, -0.2) is 13.8 Å². The maximum Gasteiger partial charge on any atom is 0.229 e. The van der Waals surface area contributed by atoms with Crippen LogP contribution in [0, 0.1) is 11.6 Å². The van der Waals surface area contributed by atoms with Crippen LogP contribution in [0.5, 0.6) is 5.75 Å². The highest BCUT2D eigenvalue weighted by Crippen LogP contribution is 2.24. The first-order valence-electron chi connectivity index (χ1n) is 9.32. The van der Waals surface area contributed by atoms with Gasteiger partial charge in [0, 0.05) is 38.1 Å².